The quantitative estimate of drug-likeness (QED) is 0.457. The largest absolute Gasteiger partial charge is 0.469 e. The molecule has 0 saturated carbocycles. The van der Waals surface area contributed by atoms with Crippen LogP contribution in [-0.2, 0) is 16.1 Å². The third-order valence-electron chi connectivity index (χ3n) is 4.38. The predicted molar refractivity (Wildman–Crippen MR) is 81.9 cm³/mol. The molecule has 0 atom stereocenters. The third-order valence-corrected chi connectivity index (χ3v) is 4.38. The summed E-state index contributed by atoms with van der Waals surface area (Å²) in [6, 6.07) is 10.2. The zero-order chi connectivity index (χ0) is 16.0. The second-order valence-corrected chi connectivity index (χ2v) is 6.01. The van der Waals surface area contributed by atoms with Gasteiger partial charge in [-0.1, -0.05) is 30.3 Å². The van der Waals surface area contributed by atoms with Crippen molar-refractivity contribution in [2.45, 2.75) is 25.8 Å². The van der Waals surface area contributed by atoms with Gasteiger partial charge in [-0.25, -0.2) is 0 Å². The van der Waals surface area contributed by atoms with Crippen LogP contribution in [0, 0.1) is 15.5 Å². The van der Waals surface area contributed by atoms with Gasteiger partial charge in [0.1, 0.15) is 0 Å². The molecule has 1 aliphatic rings. The number of methoxy groups -OCH3 is 1. The van der Waals surface area contributed by atoms with Gasteiger partial charge in [0.15, 0.2) is 0 Å². The lowest BCUT2D eigenvalue weighted by molar-refractivity contribution is -0.499. The topological polar surface area (TPSA) is 72.7 Å². The number of hydrogen-bond acceptors (Lipinski definition) is 5. The minimum absolute atomic E-state index is 0.129. The van der Waals surface area contributed by atoms with Gasteiger partial charge in [0.2, 0.25) is 6.54 Å². The van der Waals surface area contributed by atoms with Crippen molar-refractivity contribution >= 4 is 5.97 Å². The maximum absolute atomic E-state index is 11.6. The highest BCUT2D eigenvalue weighted by atomic mass is 16.6. The molecule has 22 heavy (non-hydrogen) atoms. The highest BCUT2D eigenvalue weighted by Gasteiger charge is 2.41. The van der Waals surface area contributed by atoms with E-state index in [0.29, 0.717) is 12.8 Å². The van der Waals surface area contributed by atoms with Gasteiger partial charge in [0.25, 0.3) is 0 Å². The molecule has 0 amide bonds. The molecule has 0 radical (unpaired) electrons. The normalized spacial score (nSPS) is 17.9. The van der Waals surface area contributed by atoms with Crippen molar-refractivity contribution in [1.82, 2.24) is 4.90 Å². The molecule has 6 heteroatoms. The van der Waals surface area contributed by atoms with Gasteiger partial charge >= 0.3 is 5.97 Å². The highest BCUT2D eigenvalue weighted by molar-refractivity contribution is 5.70. The zero-order valence-corrected chi connectivity index (χ0v) is 12.9. The van der Waals surface area contributed by atoms with E-state index in [2.05, 4.69) is 17.0 Å². The predicted octanol–water partition coefficient (Wildman–Crippen LogP) is 2.11. The lowest BCUT2D eigenvalue weighted by atomic mass is 9.75. The molecule has 1 heterocycles. The van der Waals surface area contributed by atoms with Crippen LogP contribution < -0.4 is 0 Å². The first-order valence-electron chi connectivity index (χ1n) is 7.48. The van der Waals surface area contributed by atoms with Crippen LogP contribution in [0.15, 0.2) is 30.3 Å². The Kier molecular flexibility index (Phi) is 5.49. The van der Waals surface area contributed by atoms with Crippen molar-refractivity contribution in [3.05, 3.63) is 46.0 Å². The molecule has 0 spiro atoms. The lowest BCUT2D eigenvalue weighted by Gasteiger charge is -2.38. The molecule has 1 aromatic rings. The summed E-state index contributed by atoms with van der Waals surface area (Å²) >= 11 is 0. The van der Waals surface area contributed by atoms with E-state index in [1.54, 1.807) is 0 Å². The monoisotopic (exact) mass is 306 g/mol. The fourth-order valence-corrected chi connectivity index (χ4v) is 3.07. The van der Waals surface area contributed by atoms with Gasteiger partial charge in [-0.05, 0) is 31.5 Å². The molecule has 0 N–H and O–H groups in total. The highest BCUT2D eigenvalue weighted by Crippen LogP contribution is 2.36. The minimum Gasteiger partial charge on any atom is -0.469 e. The van der Waals surface area contributed by atoms with E-state index >= 15 is 0 Å². The zero-order valence-electron chi connectivity index (χ0n) is 12.9. The smallest absolute Gasteiger partial charge is 0.306 e. The van der Waals surface area contributed by atoms with Gasteiger partial charge in [-0.15, -0.1) is 0 Å². The van der Waals surface area contributed by atoms with Crippen molar-refractivity contribution in [2.24, 2.45) is 5.41 Å². The third kappa shape index (κ3) is 4.53. The van der Waals surface area contributed by atoms with Crippen LogP contribution in [-0.4, -0.2) is 42.5 Å². The van der Waals surface area contributed by atoms with E-state index in [0.717, 1.165) is 19.6 Å². The summed E-state index contributed by atoms with van der Waals surface area (Å²) in [6.45, 7) is 2.20. The molecular formula is C16H22N2O4. The molecule has 1 fully saturated rings. The number of likely N-dealkylation sites (tertiary alicyclic amines) is 1. The Labute approximate surface area is 130 Å². The molecule has 1 aromatic carbocycles. The van der Waals surface area contributed by atoms with Crippen LogP contribution in [0.3, 0.4) is 0 Å². The second kappa shape index (κ2) is 7.35. The van der Waals surface area contributed by atoms with Crippen LogP contribution in [0.5, 0.6) is 0 Å². The summed E-state index contributed by atoms with van der Waals surface area (Å²) in [4.78, 5) is 24.5. The van der Waals surface area contributed by atoms with Crippen LogP contribution in [0.25, 0.3) is 0 Å². The SMILES string of the molecule is COC(=O)CC1(C[N+](=O)[O-])CCN(Cc2ccccc2)CC1. The Bertz CT molecular complexity index is 510. The molecule has 2 rings (SSSR count). The Morgan fingerprint density at radius 2 is 1.95 bits per heavy atom. The first kappa shape index (κ1) is 16.4. The fourth-order valence-electron chi connectivity index (χ4n) is 3.07. The number of carbonyl (C=O) groups excluding carboxylic acids is 1. The molecular weight excluding hydrogens is 284 g/mol. The number of rotatable bonds is 6. The molecule has 6 nitrogen and oxygen atoms in total. The average molecular weight is 306 g/mol. The molecule has 0 aromatic heterocycles. The van der Waals surface area contributed by atoms with Gasteiger partial charge in [-0.2, -0.15) is 0 Å². The Balaban J connectivity index is 1.96. The Morgan fingerprint density at radius 1 is 1.32 bits per heavy atom. The number of esters is 1. The van der Waals surface area contributed by atoms with Crippen molar-refractivity contribution in [1.29, 1.82) is 0 Å². The van der Waals surface area contributed by atoms with Crippen molar-refractivity contribution in [2.75, 3.05) is 26.7 Å². The molecule has 1 saturated heterocycles. The maximum Gasteiger partial charge on any atom is 0.306 e. The first-order valence-corrected chi connectivity index (χ1v) is 7.48. The fraction of sp³-hybridized carbons (Fsp3) is 0.562. The van der Waals surface area contributed by atoms with E-state index in [9.17, 15) is 14.9 Å². The standard InChI is InChI=1S/C16H22N2O4/c1-22-15(19)11-16(13-18(20)21)7-9-17(10-8-16)12-14-5-3-2-4-6-14/h2-6H,7-13H2,1H3. The first-order chi connectivity index (χ1) is 10.5. The Morgan fingerprint density at radius 3 is 2.50 bits per heavy atom. The number of benzene rings is 1. The van der Waals surface area contributed by atoms with E-state index in [4.69, 9.17) is 4.74 Å². The van der Waals surface area contributed by atoms with Gasteiger partial charge in [-0.3, -0.25) is 19.8 Å². The number of hydrogen-bond donors (Lipinski definition) is 0. The van der Waals surface area contributed by atoms with Gasteiger partial charge in [0.05, 0.1) is 13.5 Å². The van der Waals surface area contributed by atoms with Gasteiger partial charge < -0.3 is 4.74 Å². The number of nitro groups is 1. The summed E-state index contributed by atoms with van der Waals surface area (Å²) in [7, 11) is 1.33. The number of ether oxygens (including phenoxy) is 1. The lowest BCUT2D eigenvalue weighted by Crippen LogP contribution is -2.44. The summed E-state index contributed by atoms with van der Waals surface area (Å²) in [5.41, 5.74) is 0.668. The molecule has 120 valence electrons. The van der Waals surface area contributed by atoms with Crippen LogP contribution >= 0.6 is 0 Å². The molecule has 0 bridgehead atoms. The van der Waals surface area contributed by atoms with E-state index in [-0.39, 0.29) is 23.9 Å². The number of nitrogens with zero attached hydrogens (tertiary/aromatic N) is 2. The summed E-state index contributed by atoms with van der Waals surface area (Å²) < 4.78 is 4.71. The number of carbonyl (C=O) groups is 1. The summed E-state index contributed by atoms with van der Waals surface area (Å²) in [6.07, 6.45) is 1.43. The maximum atomic E-state index is 11.6. The molecule has 0 aliphatic carbocycles. The van der Waals surface area contributed by atoms with Crippen LogP contribution in [0.1, 0.15) is 24.8 Å². The van der Waals surface area contributed by atoms with E-state index < -0.39 is 5.41 Å². The van der Waals surface area contributed by atoms with Crippen molar-refractivity contribution in [3.8, 4) is 0 Å². The Hall–Kier alpha value is -1.95. The van der Waals surface area contributed by atoms with Gasteiger partial charge in [0, 0.05) is 16.9 Å². The van der Waals surface area contributed by atoms with Crippen molar-refractivity contribution in [3.63, 3.8) is 0 Å². The molecule has 1 aliphatic heterocycles. The number of piperidine rings is 1. The average Bonchev–Trinajstić information content (AvgIpc) is 2.50. The summed E-state index contributed by atoms with van der Waals surface area (Å²) in [5, 5.41) is 11.0. The van der Waals surface area contributed by atoms with Crippen LogP contribution in [0.4, 0.5) is 0 Å². The second-order valence-electron chi connectivity index (χ2n) is 6.01. The van der Waals surface area contributed by atoms with E-state index in [1.165, 1.54) is 12.7 Å². The van der Waals surface area contributed by atoms with Crippen LogP contribution in [0.2, 0.25) is 0 Å². The summed E-state index contributed by atoms with van der Waals surface area (Å²) in [5.74, 6) is -0.363. The van der Waals surface area contributed by atoms with Crippen molar-refractivity contribution < 1.29 is 14.5 Å². The van der Waals surface area contributed by atoms with E-state index in [1.807, 2.05) is 18.2 Å². The molecule has 0 unspecified atom stereocenters. The minimum atomic E-state index is -0.566.